The predicted molar refractivity (Wildman–Crippen MR) is 108 cm³/mol. The van der Waals surface area contributed by atoms with Gasteiger partial charge in [0.25, 0.3) is 0 Å². The first-order chi connectivity index (χ1) is 12.2. The van der Waals surface area contributed by atoms with Crippen molar-refractivity contribution < 1.29 is 4.74 Å². The largest absolute Gasteiger partial charge is 0.384 e. The van der Waals surface area contributed by atoms with Crippen LogP contribution in [0, 0.1) is 6.92 Å². The SMILES string of the molecule is Cc1nn(C)c2nc3ccccc3c(NCCCN3CCOCC3)c12.Cl. The van der Waals surface area contributed by atoms with Gasteiger partial charge in [0, 0.05) is 32.1 Å². The molecule has 0 unspecified atom stereocenters. The lowest BCUT2D eigenvalue weighted by atomic mass is 10.1. The molecule has 0 aliphatic carbocycles. The number of benzene rings is 1. The van der Waals surface area contributed by atoms with E-state index in [0.29, 0.717) is 0 Å². The van der Waals surface area contributed by atoms with Crippen LogP contribution in [0.1, 0.15) is 12.1 Å². The number of pyridine rings is 1. The van der Waals surface area contributed by atoms with Crippen LogP contribution in [0.5, 0.6) is 0 Å². The molecule has 0 atom stereocenters. The molecule has 1 aromatic carbocycles. The number of para-hydroxylation sites is 1. The average Bonchev–Trinajstić information content (AvgIpc) is 2.92. The summed E-state index contributed by atoms with van der Waals surface area (Å²) in [5.41, 5.74) is 4.13. The standard InChI is InChI=1S/C19H25N5O.ClH/c1-14-17-18(20-8-5-9-24-10-12-25-13-11-24)15-6-3-4-7-16(15)21-19(17)23(2)22-14;/h3-4,6-7H,5,8-13H2,1-2H3,(H,20,21);1H. The number of hydrogen-bond acceptors (Lipinski definition) is 5. The van der Waals surface area contributed by atoms with Gasteiger partial charge in [-0.3, -0.25) is 9.58 Å². The van der Waals surface area contributed by atoms with Crippen molar-refractivity contribution in [3.8, 4) is 0 Å². The Balaban J connectivity index is 0.00000196. The van der Waals surface area contributed by atoms with Crippen molar-refractivity contribution in [1.82, 2.24) is 19.7 Å². The van der Waals surface area contributed by atoms with Gasteiger partial charge in [0.15, 0.2) is 5.65 Å². The summed E-state index contributed by atoms with van der Waals surface area (Å²) in [4.78, 5) is 7.27. The smallest absolute Gasteiger partial charge is 0.160 e. The Morgan fingerprint density at radius 1 is 1.19 bits per heavy atom. The van der Waals surface area contributed by atoms with Gasteiger partial charge in [0.1, 0.15) is 0 Å². The molecular weight excluding hydrogens is 350 g/mol. The molecular formula is C19H26ClN5O. The number of aryl methyl sites for hydroxylation is 2. The molecule has 26 heavy (non-hydrogen) atoms. The number of fused-ring (bicyclic) bond motifs is 2. The molecule has 1 saturated heterocycles. The molecule has 0 spiro atoms. The predicted octanol–water partition coefficient (Wildman–Crippen LogP) is 2.99. The molecule has 0 saturated carbocycles. The number of nitrogens with one attached hydrogen (secondary N) is 1. The molecule has 140 valence electrons. The second-order valence-electron chi connectivity index (χ2n) is 6.65. The van der Waals surface area contributed by atoms with Gasteiger partial charge in [-0.2, -0.15) is 5.10 Å². The lowest BCUT2D eigenvalue weighted by molar-refractivity contribution is 0.0378. The maximum absolute atomic E-state index is 5.41. The Labute approximate surface area is 159 Å². The molecule has 7 heteroatoms. The van der Waals surface area contributed by atoms with Gasteiger partial charge in [-0.05, 0) is 26.0 Å². The number of aromatic nitrogens is 3. The molecule has 6 nitrogen and oxygen atoms in total. The zero-order valence-corrected chi connectivity index (χ0v) is 16.2. The van der Waals surface area contributed by atoms with Crippen LogP contribution in [-0.4, -0.2) is 59.1 Å². The summed E-state index contributed by atoms with van der Waals surface area (Å²) in [5.74, 6) is 0. The van der Waals surface area contributed by atoms with Crippen molar-refractivity contribution in [1.29, 1.82) is 0 Å². The lowest BCUT2D eigenvalue weighted by Gasteiger charge is -2.26. The third-order valence-corrected chi connectivity index (χ3v) is 4.90. The Morgan fingerprint density at radius 2 is 1.96 bits per heavy atom. The zero-order chi connectivity index (χ0) is 17.2. The van der Waals surface area contributed by atoms with Crippen molar-refractivity contribution in [3.63, 3.8) is 0 Å². The van der Waals surface area contributed by atoms with E-state index in [1.807, 2.05) is 17.8 Å². The van der Waals surface area contributed by atoms with Gasteiger partial charge in [0.2, 0.25) is 0 Å². The van der Waals surface area contributed by atoms with E-state index in [0.717, 1.165) is 79.1 Å². The van der Waals surface area contributed by atoms with Crippen molar-refractivity contribution in [2.24, 2.45) is 7.05 Å². The monoisotopic (exact) mass is 375 g/mol. The van der Waals surface area contributed by atoms with Crippen LogP contribution < -0.4 is 5.32 Å². The quantitative estimate of drug-likeness (QED) is 0.695. The lowest BCUT2D eigenvalue weighted by Crippen LogP contribution is -2.37. The topological polar surface area (TPSA) is 55.2 Å². The molecule has 1 N–H and O–H groups in total. The second kappa shape index (κ2) is 8.20. The summed E-state index contributed by atoms with van der Waals surface area (Å²) in [6.45, 7) is 7.91. The Bertz CT molecular complexity index is 888. The molecule has 0 radical (unpaired) electrons. The van der Waals surface area contributed by atoms with Crippen LogP contribution in [0.15, 0.2) is 24.3 Å². The summed E-state index contributed by atoms with van der Waals surface area (Å²) >= 11 is 0. The molecule has 3 heterocycles. The normalized spacial score (nSPS) is 15.3. The van der Waals surface area contributed by atoms with Crippen molar-refractivity contribution >= 4 is 40.0 Å². The molecule has 0 amide bonds. The van der Waals surface area contributed by atoms with Crippen molar-refractivity contribution in [3.05, 3.63) is 30.0 Å². The first-order valence-electron chi connectivity index (χ1n) is 9.00. The van der Waals surface area contributed by atoms with E-state index in [2.05, 4.69) is 40.4 Å². The number of anilines is 1. The fourth-order valence-corrected chi connectivity index (χ4v) is 3.62. The molecule has 0 bridgehead atoms. The van der Waals surface area contributed by atoms with E-state index in [9.17, 15) is 0 Å². The van der Waals surface area contributed by atoms with E-state index in [4.69, 9.17) is 9.72 Å². The Morgan fingerprint density at radius 3 is 2.77 bits per heavy atom. The zero-order valence-electron chi connectivity index (χ0n) is 15.4. The fourth-order valence-electron chi connectivity index (χ4n) is 3.62. The first kappa shape index (κ1) is 18.9. The van der Waals surface area contributed by atoms with Crippen molar-refractivity contribution in [2.45, 2.75) is 13.3 Å². The summed E-state index contributed by atoms with van der Waals surface area (Å²) < 4.78 is 7.28. The minimum Gasteiger partial charge on any atom is -0.384 e. The molecule has 3 aromatic rings. The summed E-state index contributed by atoms with van der Waals surface area (Å²) in [5, 5.41) is 10.5. The van der Waals surface area contributed by atoms with Gasteiger partial charge >= 0.3 is 0 Å². The number of rotatable bonds is 5. The third kappa shape index (κ3) is 3.63. The maximum atomic E-state index is 5.41. The van der Waals surface area contributed by atoms with E-state index < -0.39 is 0 Å². The van der Waals surface area contributed by atoms with Gasteiger partial charge in [0.05, 0.1) is 35.5 Å². The number of nitrogens with zero attached hydrogens (tertiary/aromatic N) is 4. The van der Waals surface area contributed by atoms with Gasteiger partial charge in [-0.15, -0.1) is 12.4 Å². The Hall–Kier alpha value is -1.89. The number of ether oxygens (including phenoxy) is 1. The number of morpholine rings is 1. The van der Waals surface area contributed by atoms with Crippen LogP contribution in [-0.2, 0) is 11.8 Å². The maximum Gasteiger partial charge on any atom is 0.160 e. The molecule has 2 aromatic heterocycles. The van der Waals surface area contributed by atoms with Gasteiger partial charge in [-0.25, -0.2) is 4.98 Å². The fraction of sp³-hybridized carbons (Fsp3) is 0.474. The number of hydrogen-bond donors (Lipinski definition) is 1. The molecule has 4 rings (SSSR count). The van der Waals surface area contributed by atoms with Crippen LogP contribution in [0.25, 0.3) is 21.9 Å². The van der Waals surface area contributed by atoms with Gasteiger partial charge in [-0.1, -0.05) is 18.2 Å². The first-order valence-corrected chi connectivity index (χ1v) is 9.00. The molecule has 1 aliphatic rings. The highest BCUT2D eigenvalue weighted by Gasteiger charge is 2.15. The highest BCUT2D eigenvalue weighted by molar-refractivity contribution is 6.07. The van der Waals surface area contributed by atoms with Crippen LogP contribution >= 0.6 is 12.4 Å². The van der Waals surface area contributed by atoms with Crippen LogP contribution in [0.2, 0.25) is 0 Å². The molecule has 1 aliphatic heterocycles. The summed E-state index contributed by atoms with van der Waals surface area (Å²) in [6.07, 6.45) is 1.11. The van der Waals surface area contributed by atoms with Crippen LogP contribution in [0.3, 0.4) is 0 Å². The second-order valence-corrected chi connectivity index (χ2v) is 6.65. The number of halogens is 1. The van der Waals surface area contributed by atoms with E-state index >= 15 is 0 Å². The van der Waals surface area contributed by atoms with Crippen molar-refractivity contribution in [2.75, 3.05) is 44.7 Å². The van der Waals surface area contributed by atoms with Crippen LogP contribution in [0.4, 0.5) is 5.69 Å². The average molecular weight is 376 g/mol. The summed E-state index contributed by atoms with van der Waals surface area (Å²) in [7, 11) is 1.96. The van der Waals surface area contributed by atoms with E-state index in [-0.39, 0.29) is 12.4 Å². The van der Waals surface area contributed by atoms with E-state index in [1.165, 1.54) is 0 Å². The minimum atomic E-state index is 0. The highest BCUT2D eigenvalue weighted by atomic mass is 35.5. The van der Waals surface area contributed by atoms with Gasteiger partial charge < -0.3 is 10.1 Å². The highest BCUT2D eigenvalue weighted by Crippen LogP contribution is 2.32. The Kier molecular flexibility index (Phi) is 5.96. The minimum absolute atomic E-state index is 0. The summed E-state index contributed by atoms with van der Waals surface area (Å²) in [6, 6.07) is 8.31. The third-order valence-electron chi connectivity index (χ3n) is 4.90. The van der Waals surface area contributed by atoms with E-state index in [1.54, 1.807) is 0 Å². The molecule has 1 fully saturated rings.